The molecule has 2 rings (SSSR count). The Morgan fingerprint density at radius 2 is 2.29 bits per heavy atom. The first kappa shape index (κ1) is 12.2. The van der Waals surface area contributed by atoms with Gasteiger partial charge in [0.15, 0.2) is 0 Å². The molecule has 1 N–H and O–H groups in total. The number of hydrogen-bond acceptors (Lipinski definition) is 3. The number of anilines is 1. The Labute approximate surface area is 106 Å². The molecule has 1 heterocycles. The van der Waals surface area contributed by atoms with E-state index in [1.54, 1.807) is 12.1 Å². The Kier molecular flexibility index (Phi) is 3.56. The molecule has 0 amide bonds. The zero-order chi connectivity index (χ0) is 12.4. The number of rotatable bonds is 1. The summed E-state index contributed by atoms with van der Waals surface area (Å²) in [6.07, 6.45) is 1.53. The van der Waals surface area contributed by atoms with E-state index in [0.717, 1.165) is 25.1 Å². The van der Waals surface area contributed by atoms with Crippen molar-refractivity contribution in [3.8, 4) is 6.07 Å². The lowest BCUT2D eigenvalue weighted by Gasteiger charge is -2.38. The molecule has 1 fully saturated rings. The van der Waals surface area contributed by atoms with E-state index in [0.29, 0.717) is 10.6 Å². The van der Waals surface area contributed by atoms with Gasteiger partial charge in [-0.3, -0.25) is 0 Å². The van der Waals surface area contributed by atoms with Crippen molar-refractivity contribution in [3.05, 3.63) is 28.8 Å². The second-order valence-corrected chi connectivity index (χ2v) is 4.83. The van der Waals surface area contributed by atoms with Gasteiger partial charge in [-0.1, -0.05) is 11.6 Å². The first-order valence-electron chi connectivity index (χ1n) is 5.78. The predicted molar refractivity (Wildman–Crippen MR) is 68.2 cm³/mol. The zero-order valence-corrected chi connectivity index (χ0v) is 10.5. The van der Waals surface area contributed by atoms with Crippen LogP contribution in [0.3, 0.4) is 0 Å². The molecule has 1 aromatic rings. The molecule has 17 heavy (non-hydrogen) atoms. The number of benzene rings is 1. The Morgan fingerprint density at radius 1 is 1.53 bits per heavy atom. The van der Waals surface area contributed by atoms with Crippen LogP contribution in [0.4, 0.5) is 5.69 Å². The van der Waals surface area contributed by atoms with Crippen molar-refractivity contribution in [2.45, 2.75) is 31.9 Å². The molecule has 0 aromatic heterocycles. The number of nitrogens with zero attached hydrogens (tertiary/aromatic N) is 2. The summed E-state index contributed by atoms with van der Waals surface area (Å²) in [5.74, 6) is 0. The van der Waals surface area contributed by atoms with E-state index in [-0.39, 0.29) is 12.1 Å². The van der Waals surface area contributed by atoms with Gasteiger partial charge in [0.1, 0.15) is 6.07 Å². The van der Waals surface area contributed by atoms with Crippen LogP contribution in [0.25, 0.3) is 0 Å². The average molecular weight is 251 g/mol. The maximum absolute atomic E-state index is 9.85. The summed E-state index contributed by atoms with van der Waals surface area (Å²) in [5.41, 5.74) is 1.46. The summed E-state index contributed by atoms with van der Waals surface area (Å²) in [5, 5.41) is 19.1. The third-order valence-electron chi connectivity index (χ3n) is 3.35. The van der Waals surface area contributed by atoms with Crippen LogP contribution in [0, 0.1) is 11.3 Å². The fourth-order valence-corrected chi connectivity index (χ4v) is 2.48. The van der Waals surface area contributed by atoms with Gasteiger partial charge in [0.05, 0.1) is 22.7 Å². The summed E-state index contributed by atoms with van der Waals surface area (Å²) in [4.78, 5) is 2.14. The molecule has 1 unspecified atom stereocenters. The van der Waals surface area contributed by atoms with Crippen molar-refractivity contribution < 1.29 is 5.11 Å². The third-order valence-corrected chi connectivity index (χ3v) is 3.66. The lowest BCUT2D eigenvalue weighted by atomic mass is 9.99. The van der Waals surface area contributed by atoms with Crippen LogP contribution in [0.2, 0.25) is 5.02 Å². The SMILES string of the molecule is C[C@H]1C(O)CCCN1c1ccc(C#N)c(Cl)c1. The standard InChI is InChI=1S/C13H15ClN2O/c1-9-13(17)3-2-6-16(9)11-5-4-10(8-15)12(14)7-11/h4-5,7,9,13,17H,2-3,6H2,1H3/t9-,13?/m0/s1. The largest absolute Gasteiger partial charge is 0.391 e. The lowest BCUT2D eigenvalue weighted by Crippen LogP contribution is -2.46. The topological polar surface area (TPSA) is 47.3 Å². The molecule has 1 aliphatic rings. The summed E-state index contributed by atoms with van der Waals surface area (Å²) < 4.78 is 0. The Balaban J connectivity index is 2.28. The van der Waals surface area contributed by atoms with Gasteiger partial charge in [0.25, 0.3) is 0 Å². The average Bonchev–Trinajstić information content (AvgIpc) is 2.32. The summed E-state index contributed by atoms with van der Waals surface area (Å²) in [6, 6.07) is 7.55. The van der Waals surface area contributed by atoms with Crippen molar-refractivity contribution in [3.63, 3.8) is 0 Å². The molecule has 1 saturated heterocycles. The highest BCUT2D eigenvalue weighted by Crippen LogP contribution is 2.28. The zero-order valence-electron chi connectivity index (χ0n) is 9.73. The molecule has 90 valence electrons. The molecule has 1 aromatic carbocycles. The van der Waals surface area contributed by atoms with Crippen molar-refractivity contribution >= 4 is 17.3 Å². The summed E-state index contributed by atoms with van der Waals surface area (Å²) in [6.45, 7) is 2.93. The highest BCUT2D eigenvalue weighted by Gasteiger charge is 2.26. The van der Waals surface area contributed by atoms with Crippen LogP contribution in [0.1, 0.15) is 25.3 Å². The lowest BCUT2D eigenvalue weighted by molar-refractivity contribution is 0.119. The number of nitriles is 1. The smallest absolute Gasteiger partial charge is 0.101 e. The highest BCUT2D eigenvalue weighted by atomic mass is 35.5. The quantitative estimate of drug-likeness (QED) is 0.833. The second kappa shape index (κ2) is 4.95. The molecule has 0 aliphatic carbocycles. The Bertz CT molecular complexity index is 455. The molecule has 0 saturated carbocycles. The normalized spacial score (nSPS) is 24.5. The first-order chi connectivity index (χ1) is 8.13. The van der Waals surface area contributed by atoms with Crippen LogP contribution in [0.5, 0.6) is 0 Å². The number of aliphatic hydroxyl groups is 1. The van der Waals surface area contributed by atoms with Crippen LogP contribution >= 0.6 is 11.6 Å². The molecule has 1 aliphatic heterocycles. The summed E-state index contributed by atoms with van der Waals surface area (Å²) >= 11 is 6.02. The minimum atomic E-state index is -0.293. The van der Waals surface area contributed by atoms with E-state index in [9.17, 15) is 5.11 Å². The maximum atomic E-state index is 9.85. The minimum absolute atomic E-state index is 0.0905. The molecule has 3 nitrogen and oxygen atoms in total. The molecule has 0 bridgehead atoms. The van der Waals surface area contributed by atoms with Gasteiger partial charge in [-0.05, 0) is 38.0 Å². The minimum Gasteiger partial charge on any atom is -0.391 e. The van der Waals surface area contributed by atoms with Gasteiger partial charge >= 0.3 is 0 Å². The fourth-order valence-electron chi connectivity index (χ4n) is 2.26. The van der Waals surface area contributed by atoms with Crippen molar-refractivity contribution in [1.29, 1.82) is 5.26 Å². The molecular weight excluding hydrogens is 236 g/mol. The van der Waals surface area contributed by atoms with Crippen molar-refractivity contribution in [2.75, 3.05) is 11.4 Å². The van der Waals surface area contributed by atoms with Crippen LogP contribution in [-0.4, -0.2) is 23.8 Å². The molecule has 0 radical (unpaired) electrons. The maximum Gasteiger partial charge on any atom is 0.101 e. The fraction of sp³-hybridized carbons (Fsp3) is 0.462. The Morgan fingerprint density at radius 3 is 2.94 bits per heavy atom. The highest BCUT2D eigenvalue weighted by molar-refractivity contribution is 6.32. The monoisotopic (exact) mass is 250 g/mol. The Hall–Kier alpha value is -1.24. The van der Waals surface area contributed by atoms with Gasteiger partial charge in [-0.2, -0.15) is 5.26 Å². The summed E-state index contributed by atoms with van der Waals surface area (Å²) in [7, 11) is 0. The molecular formula is C13H15ClN2O. The number of halogens is 1. The van der Waals surface area contributed by atoms with Gasteiger partial charge in [0.2, 0.25) is 0 Å². The molecule has 2 atom stereocenters. The van der Waals surface area contributed by atoms with Crippen LogP contribution in [-0.2, 0) is 0 Å². The van der Waals surface area contributed by atoms with Crippen LogP contribution in [0.15, 0.2) is 18.2 Å². The predicted octanol–water partition coefficient (Wildman–Crippen LogP) is 2.56. The van der Waals surface area contributed by atoms with E-state index in [1.165, 1.54) is 0 Å². The number of hydrogen-bond donors (Lipinski definition) is 1. The van der Waals surface area contributed by atoms with E-state index >= 15 is 0 Å². The third kappa shape index (κ3) is 2.38. The van der Waals surface area contributed by atoms with Gasteiger partial charge in [0, 0.05) is 12.2 Å². The van der Waals surface area contributed by atoms with E-state index in [4.69, 9.17) is 16.9 Å². The van der Waals surface area contributed by atoms with Gasteiger partial charge < -0.3 is 10.0 Å². The van der Waals surface area contributed by atoms with Crippen molar-refractivity contribution in [1.82, 2.24) is 0 Å². The second-order valence-electron chi connectivity index (χ2n) is 4.42. The first-order valence-corrected chi connectivity index (χ1v) is 6.15. The molecule has 0 spiro atoms. The number of piperidine rings is 1. The van der Waals surface area contributed by atoms with Crippen molar-refractivity contribution in [2.24, 2.45) is 0 Å². The van der Waals surface area contributed by atoms with Gasteiger partial charge in [-0.25, -0.2) is 0 Å². The van der Waals surface area contributed by atoms with E-state index in [2.05, 4.69) is 4.90 Å². The van der Waals surface area contributed by atoms with Crippen LogP contribution < -0.4 is 4.90 Å². The number of aliphatic hydroxyl groups excluding tert-OH is 1. The molecule has 4 heteroatoms. The van der Waals surface area contributed by atoms with E-state index < -0.39 is 0 Å². The van der Waals surface area contributed by atoms with E-state index in [1.807, 2.05) is 19.1 Å². The van der Waals surface area contributed by atoms with Gasteiger partial charge in [-0.15, -0.1) is 0 Å².